The highest BCUT2D eigenvalue weighted by Gasteiger charge is 2.08. The predicted molar refractivity (Wildman–Crippen MR) is 91.8 cm³/mol. The number of thioether (sulfide) groups is 1. The van der Waals surface area contributed by atoms with Crippen LogP contribution in [-0.2, 0) is 13.0 Å². The number of benzene rings is 1. The Morgan fingerprint density at radius 1 is 1.15 bits per heavy atom. The molecule has 0 atom stereocenters. The third-order valence-electron chi connectivity index (χ3n) is 2.92. The predicted octanol–water partition coefficient (Wildman–Crippen LogP) is 4.97. The molecular weight excluding hydrogens is 282 g/mol. The Morgan fingerprint density at radius 3 is 2.70 bits per heavy atom. The second-order valence-electron chi connectivity index (χ2n) is 5.93. The smallest absolute Gasteiger partial charge is 0.0210 e. The van der Waals surface area contributed by atoms with Gasteiger partial charge in [0.1, 0.15) is 0 Å². The maximum Gasteiger partial charge on any atom is 0.0210 e. The summed E-state index contributed by atoms with van der Waals surface area (Å²) in [6.45, 7) is 7.54. The summed E-state index contributed by atoms with van der Waals surface area (Å²) in [7, 11) is 0. The Balaban J connectivity index is 1.83. The van der Waals surface area contributed by atoms with Gasteiger partial charge >= 0.3 is 0 Å². The van der Waals surface area contributed by atoms with E-state index >= 15 is 0 Å². The third-order valence-corrected chi connectivity index (χ3v) is 4.85. The van der Waals surface area contributed by atoms with E-state index in [4.69, 9.17) is 0 Å². The van der Waals surface area contributed by atoms with Crippen LogP contribution in [0.2, 0.25) is 0 Å². The summed E-state index contributed by atoms with van der Waals surface area (Å²) in [4.78, 5) is 2.85. The molecule has 0 unspecified atom stereocenters. The van der Waals surface area contributed by atoms with Crippen molar-refractivity contribution >= 4 is 23.1 Å². The fourth-order valence-electron chi connectivity index (χ4n) is 1.84. The van der Waals surface area contributed by atoms with Crippen molar-refractivity contribution in [2.24, 2.45) is 0 Å². The highest BCUT2D eigenvalue weighted by Crippen LogP contribution is 2.21. The standard InChI is InChI=1S/C17H23NS2/c1-17(2,3)18-13-14-6-4-7-16(12-14)20-11-9-15-8-5-10-19-15/h4-8,10,12,18H,9,11,13H2,1-3H3. The fourth-order valence-corrected chi connectivity index (χ4v) is 3.64. The number of hydrogen-bond acceptors (Lipinski definition) is 3. The summed E-state index contributed by atoms with van der Waals surface area (Å²) >= 11 is 3.79. The first-order valence-corrected chi connectivity index (χ1v) is 8.89. The van der Waals surface area contributed by atoms with Crippen LogP contribution in [0.4, 0.5) is 0 Å². The van der Waals surface area contributed by atoms with Gasteiger partial charge in [-0.15, -0.1) is 23.1 Å². The second kappa shape index (κ2) is 7.30. The minimum absolute atomic E-state index is 0.169. The molecule has 2 rings (SSSR count). The van der Waals surface area contributed by atoms with E-state index in [1.54, 1.807) is 0 Å². The van der Waals surface area contributed by atoms with Gasteiger partial charge in [-0.2, -0.15) is 0 Å². The average molecular weight is 306 g/mol. The highest BCUT2D eigenvalue weighted by atomic mass is 32.2. The molecule has 0 bridgehead atoms. The number of aryl methyl sites for hydroxylation is 1. The molecule has 0 aliphatic carbocycles. The zero-order chi connectivity index (χ0) is 14.4. The number of rotatable bonds is 6. The number of nitrogens with one attached hydrogen (secondary N) is 1. The molecule has 0 aliphatic rings. The molecule has 0 aliphatic heterocycles. The molecule has 0 radical (unpaired) electrons. The van der Waals surface area contributed by atoms with Gasteiger partial charge < -0.3 is 5.32 Å². The summed E-state index contributed by atoms with van der Waals surface area (Å²) < 4.78 is 0. The Kier molecular flexibility index (Phi) is 5.70. The van der Waals surface area contributed by atoms with Crippen LogP contribution in [0.5, 0.6) is 0 Å². The Hall–Kier alpha value is -0.770. The van der Waals surface area contributed by atoms with Gasteiger partial charge in [-0.25, -0.2) is 0 Å². The van der Waals surface area contributed by atoms with Gasteiger partial charge in [-0.05, 0) is 56.3 Å². The van der Waals surface area contributed by atoms with Crippen molar-refractivity contribution < 1.29 is 0 Å². The molecule has 0 fully saturated rings. The minimum atomic E-state index is 0.169. The van der Waals surface area contributed by atoms with Crippen molar-refractivity contribution in [3.05, 3.63) is 52.2 Å². The van der Waals surface area contributed by atoms with Crippen molar-refractivity contribution in [2.75, 3.05) is 5.75 Å². The zero-order valence-electron chi connectivity index (χ0n) is 12.5. The van der Waals surface area contributed by atoms with Crippen LogP contribution in [0.15, 0.2) is 46.7 Å². The first-order chi connectivity index (χ1) is 9.53. The molecule has 0 spiro atoms. The van der Waals surface area contributed by atoms with Gasteiger partial charge in [0.05, 0.1) is 0 Å². The van der Waals surface area contributed by atoms with Crippen molar-refractivity contribution in [3.8, 4) is 0 Å². The van der Waals surface area contributed by atoms with Gasteiger partial charge in [-0.3, -0.25) is 0 Å². The lowest BCUT2D eigenvalue weighted by atomic mass is 10.1. The van der Waals surface area contributed by atoms with Crippen LogP contribution in [0, 0.1) is 0 Å². The first kappa shape index (κ1) is 15.6. The topological polar surface area (TPSA) is 12.0 Å². The molecule has 1 aromatic carbocycles. The summed E-state index contributed by atoms with van der Waals surface area (Å²) in [6.07, 6.45) is 1.16. The SMILES string of the molecule is CC(C)(C)NCc1cccc(SCCc2cccs2)c1. The van der Waals surface area contributed by atoms with Gasteiger partial charge in [0.25, 0.3) is 0 Å². The van der Waals surface area contributed by atoms with Crippen molar-refractivity contribution in [1.82, 2.24) is 5.32 Å². The van der Waals surface area contributed by atoms with Crippen molar-refractivity contribution in [1.29, 1.82) is 0 Å². The summed E-state index contributed by atoms with van der Waals surface area (Å²) in [5, 5.41) is 5.69. The van der Waals surface area contributed by atoms with Crippen LogP contribution >= 0.6 is 23.1 Å². The maximum absolute atomic E-state index is 3.54. The third kappa shape index (κ3) is 5.70. The molecule has 1 heterocycles. The first-order valence-electron chi connectivity index (χ1n) is 7.02. The van der Waals surface area contributed by atoms with E-state index in [2.05, 4.69) is 67.9 Å². The molecule has 108 valence electrons. The average Bonchev–Trinajstić information content (AvgIpc) is 2.89. The molecule has 0 amide bonds. The summed E-state index contributed by atoms with van der Waals surface area (Å²) in [6, 6.07) is 13.2. The molecule has 1 N–H and O–H groups in total. The number of thiophene rings is 1. The highest BCUT2D eigenvalue weighted by molar-refractivity contribution is 7.99. The molecule has 20 heavy (non-hydrogen) atoms. The zero-order valence-corrected chi connectivity index (χ0v) is 14.1. The Labute approximate surface area is 130 Å². The molecule has 0 saturated heterocycles. The monoisotopic (exact) mass is 305 g/mol. The molecule has 1 nitrogen and oxygen atoms in total. The molecule has 0 saturated carbocycles. The van der Waals surface area contributed by atoms with Gasteiger partial charge in [0.2, 0.25) is 0 Å². The lowest BCUT2D eigenvalue weighted by molar-refractivity contribution is 0.424. The van der Waals surface area contributed by atoms with E-state index in [-0.39, 0.29) is 5.54 Å². The van der Waals surface area contributed by atoms with Crippen LogP contribution in [0.25, 0.3) is 0 Å². The molecule has 3 heteroatoms. The van der Waals surface area contributed by atoms with E-state index in [1.165, 1.54) is 15.3 Å². The largest absolute Gasteiger partial charge is 0.308 e. The second-order valence-corrected chi connectivity index (χ2v) is 8.13. The van der Waals surface area contributed by atoms with Gasteiger partial charge in [-0.1, -0.05) is 18.2 Å². The van der Waals surface area contributed by atoms with E-state index in [0.717, 1.165) is 18.7 Å². The molecule has 2 aromatic rings. The van der Waals surface area contributed by atoms with Gasteiger partial charge in [0.15, 0.2) is 0 Å². The Morgan fingerprint density at radius 2 is 2.00 bits per heavy atom. The van der Waals surface area contributed by atoms with Crippen molar-refractivity contribution in [2.45, 2.75) is 44.2 Å². The van der Waals surface area contributed by atoms with Crippen LogP contribution < -0.4 is 5.32 Å². The summed E-state index contributed by atoms with van der Waals surface area (Å²) in [5.41, 5.74) is 1.53. The minimum Gasteiger partial charge on any atom is -0.308 e. The Bertz CT molecular complexity index is 512. The van der Waals surface area contributed by atoms with E-state index in [9.17, 15) is 0 Å². The van der Waals surface area contributed by atoms with Gasteiger partial charge in [0, 0.05) is 27.6 Å². The fraction of sp³-hybridized carbons (Fsp3) is 0.412. The number of hydrogen-bond donors (Lipinski definition) is 1. The quantitative estimate of drug-likeness (QED) is 0.756. The van der Waals surface area contributed by atoms with E-state index in [1.807, 2.05) is 23.1 Å². The van der Waals surface area contributed by atoms with E-state index < -0.39 is 0 Å². The van der Waals surface area contributed by atoms with Crippen LogP contribution in [-0.4, -0.2) is 11.3 Å². The lowest BCUT2D eigenvalue weighted by Gasteiger charge is -2.20. The molecule has 1 aromatic heterocycles. The normalized spacial score (nSPS) is 11.8. The van der Waals surface area contributed by atoms with Crippen LogP contribution in [0.1, 0.15) is 31.2 Å². The lowest BCUT2D eigenvalue weighted by Crippen LogP contribution is -2.35. The molecular formula is C17H23NS2. The maximum atomic E-state index is 3.54. The van der Waals surface area contributed by atoms with Crippen LogP contribution in [0.3, 0.4) is 0 Å². The van der Waals surface area contributed by atoms with Crippen molar-refractivity contribution in [3.63, 3.8) is 0 Å². The van der Waals surface area contributed by atoms with E-state index in [0.29, 0.717) is 0 Å². The summed E-state index contributed by atoms with van der Waals surface area (Å²) in [5.74, 6) is 1.15.